The lowest BCUT2D eigenvalue weighted by molar-refractivity contribution is 0.0706. The van der Waals surface area contributed by atoms with Gasteiger partial charge in [-0.1, -0.05) is 36.4 Å². The molecule has 0 atom stereocenters. The molecule has 1 heterocycles. The van der Waals surface area contributed by atoms with Crippen molar-refractivity contribution in [1.82, 2.24) is 14.6 Å². The number of nitrogens with zero attached hydrogens (tertiary/aromatic N) is 2. The first-order chi connectivity index (χ1) is 15.5. The summed E-state index contributed by atoms with van der Waals surface area (Å²) in [5.74, 6) is -0.469. The van der Waals surface area contributed by atoms with Crippen molar-refractivity contribution >= 4 is 16.8 Å². The molecule has 1 aromatic heterocycles. The summed E-state index contributed by atoms with van der Waals surface area (Å²) in [5.41, 5.74) is 3.27. The number of phenolic OH excluding ortho intramolecular Hbond substituents is 1. The number of aryl methyl sites for hydroxylation is 1. The van der Waals surface area contributed by atoms with E-state index in [1.165, 1.54) is 9.13 Å². The summed E-state index contributed by atoms with van der Waals surface area (Å²) in [6.07, 6.45) is 0.457. The Kier molecular flexibility index (Phi) is 5.87. The fourth-order valence-electron chi connectivity index (χ4n) is 3.63. The van der Waals surface area contributed by atoms with Crippen LogP contribution in [0.5, 0.6) is 5.75 Å². The first-order valence-corrected chi connectivity index (χ1v) is 10.0. The molecule has 3 aromatic carbocycles. The summed E-state index contributed by atoms with van der Waals surface area (Å²) < 4.78 is 2.76. The van der Waals surface area contributed by atoms with Crippen molar-refractivity contribution < 1.29 is 15.1 Å². The Hall–Kier alpha value is -4.17. The number of benzene rings is 3. The molecule has 0 aliphatic heterocycles. The highest BCUT2D eigenvalue weighted by atomic mass is 16.5. The average molecular weight is 431 g/mol. The lowest BCUT2D eigenvalue weighted by atomic mass is 10.1. The molecule has 1 amide bonds. The summed E-state index contributed by atoms with van der Waals surface area (Å²) in [7, 11) is 0. The van der Waals surface area contributed by atoms with Gasteiger partial charge in [-0.05, 0) is 53.9 Å². The fraction of sp³-hybridized carbons (Fsp3) is 0.125. The molecule has 0 unspecified atom stereocenters. The van der Waals surface area contributed by atoms with Gasteiger partial charge in [0.1, 0.15) is 5.75 Å². The van der Waals surface area contributed by atoms with Crippen molar-refractivity contribution in [2.45, 2.75) is 19.5 Å². The molecular weight excluding hydrogens is 410 g/mol. The Morgan fingerprint density at radius 1 is 0.844 bits per heavy atom. The van der Waals surface area contributed by atoms with Crippen LogP contribution in [0.1, 0.15) is 21.5 Å². The zero-order valence-corrected chi connectivity index (χ0v) is 17.1. The third-order valence-corrected chi connectivity index (χ3v) is 5.35. The highest BCUT2D eigenvalue weighted by molar-refractivity contribution is 5.93. The van der Waals surface area contributed by atoms with Crippen LogP contribution in [0.4, 0.5) is 0 Å². The number of aromatic hydroxyl groups is 1. The zero-order valence-electron chi connectivity index (χ0n) is 17.1. The summed E-state index contributed by atoms with van der Waals surface area (Å²) in [4.78, 5) is 37.9. The standard InChI is InChI=1S/C24H21N3O5/c28-19-11-7-16(8-12-19)13-14-26-23(30)20-3-1-2-4-21(20)27(24(26)31)15-17-5-9-18(10-6-17)22(29)25-32/h1-12,28,32H,13-15H2,(H,25,29). The minimum atomic E-state index is -0.623. The lowest BCUT2D eigenvalue weighted by Gasteiger charge is -2.14. The molecule has 0 saturated carbocycles. The molecule has 0 radical (unpaired) electrons. The van der Waals surface area contributed by atoms with Crippen LogP contribution in [-0.2, 0) is 19.5 Å². The van der Waals surface area contributed by atoms with Gasteiger partial charge in [0.15, 0.2) is 0 Å². The topological polar surface area (TPSA) is 114 Å². The average Bonchev–Trinajstić information content (AvgIpc) is 2.82. The van der Waals surface area contributed by atoms with Crippen LogP contribution in [0.3, 0.4) is 0 Å². The zero-order chi connectivity index (χ0) is 22.7. The van der Waals surface area contributed by atoms with Gasteiger partial charge in [-0.2, -0.15) is 0 Å². The third kappa shape index (κ3) is 4.17. The number of nitrogens with one attached hydrogen (secondary N) is 1. The maximum absolute atomic E-state index is 13.3. The van der Waals surface area contributed by atoms with Crippen LogP contribution in [-0.4, -0.2) is 25.4 Å². The quantitative estimate of drug-likeness (QED) is 0.320. The molecule has 0 bridgehead atoms. The van der Waals surface area contributed by atoms with Gasteiger partial charge in [0.05, 0.1) is 17.4 Å². The molecule has 0 saturated heterocycles. The van der Waals surface area contributed by atoms with E-state index in [0.29, 0.717) is 17.3 Å². The number of rotatable bonds is 6. The highest BCUT2D eigenvalue weighted by Crippen LogP contribution is 2.13. The van der Waals surface area contributed by atoms with Gasteiger partial charge in [0, 0.05) is 12.1 Å². The summed E-state index contributed by atoms with van der Waals surface area (Å²) in [6, 6.07) is 20.1. The third-order valence-electron chi connectivity index (χ3n) is 5.35. The number of hydrogen-bond donors (Lipinski definition) is 3. The Bertz CT molecular complexity index is 1390. The second-order valence-electron chi connectivity index (χ2n) is 7.40. The minimum absolute atomic E-state index is 0.154. The largest absolute Gasteiger partial charge is 0.508 e. The normalized spacial score (nSPS) is 10.9. The highest BCUT2D eigenvalue weighted by Gasteiger charge is 2.14. The first kappa shape index (κ1) is 21.1. The Morgan fingerprint density at radius 3 is 2.19 bits per heavy atom. The Morgan fingerprint density at radius 2 is 1.50 bits per heavy atom. The fourth-order valence-corrected chi connectivity index (χ4v) is 3.63. The smallest absolute Gasteiger partial charge is 0.331 e. The van der Waals surface area contributed by atoms with Gasteiger partial charge in [0.25, 0.3) is 11.5 Å². The number of phenols is 1. The number of fused-ring (bicyclic) bond motifs is 1. The number of carbonyl (C=O) groups excluding carboxylic acids is 1. The summed E-state index contributed by atoms with van der Waals surface area (Å²) in [6.45, 7) is 0.406. The van der Waals surface area contributed by atoms with E-state index < -0.39 is 11.6 Å². The van der Waals surface area contributed by atoms with E-state index in [-0.39, 0.29) is 30.0 Å². The summed E-state index contributed by atoms with van der Waals surface area (Å²) in [5, 5.41) is 18.6. The molecular formula is C24H21N3O5. The maximum atomic E-state index is 13.3. The second kappa shape index (κ2) is 8.91. The SMILES string of the molecule is O=C(NO)c1ccc(Cn2c(=O)n(CCc3ccc(O)cc3)c(=O)c3ccccc32)cc1. The molecule has 4 rings (SSSR count). The minimum Gasteiger partial charge on any atom is -0.508 e. The lowest BCUT2D eigenvalue weighted by Crippen LogP contribution is -2.40. The van der Waals surface area contributed by atoms with E-state index >= 15 is 0 Å². The molecule has 8 nitrogen and oxygen atoms in total. The Balaban J connectivity index is 1.73. The summed E-state index contributed by atoms with van der Waals surface area (Å²) >= 11 is 0. The van der Waals surface area contributed by atoms with Crippen LogP contribution in [0, 0.1) is 0 Å². The number of para-hydroxylation sites is 1. The van der Waals surface area contributed by atoms with E-state index in [1.807, 2.05) is 0 Å². The molecule has 3 N–H and O–H groups in total. The number of hydrogen-bond acceptors (Lipinski definition) is 5. The predicted molar refractivity (Wildman–Crippen MR) is 119 cm³/mol. The molecule has 4 aromatic rings. The van der Waals surface area contributed by atoms with Crippen LogP contribution in [0.2, 0.25) is 0 Å². The molecule has 0 aliphatic rings. The van der Waals surface area contributed by atoms with Crippen molar-refractivity contribution in [1.29, 1.82) is 0 Å². The van der Waals surface area contributed by atoms with Gasteiger partial charge < -0.3 is 5.11 Å². The molecule has 0 aliphatic carbocycles. The molecule has 0 fully saturated rings. The van der Waals surface area contributed by atoms with Crippen molar-refractivity contribution in [3.63, 3.8) is 0 Å². The first-order valence-electron chi connectivity index (χ1n) is 10.0. The molecule has 0 spiro atoms. The molecule has 8 heteroatoms. The Labute approximate surface area is 182 Å². The van der Waals surface area contributed by atoms with E-state index in [2.05, 4.69) is 0 Å². The van der Waals surface area contributed by atoms with Gasteiger partial charge in [-0.25, -0.2) is 10.3 Å². The van der Waals surface area contributed by atoms with Crippen LogP contribution >= 0.6 is 0 Å². The second-order valence-corrected chi connectivity index (χ2v) is 7.40. The van der Waals surface area contributed by atoms with E-state index in [9.17, 15) is 19.5 Å². The van der Waals surface area contributed by atoms with Crippen molar-refractivity contribution in [2.24, 2.45) is 0 Å². The molecule has 162 valence electrons. The number of carbonyl (C=O) groups is 1. The van der Waals surface area contributed by atoms with Crippen LogP contribution in [0.15, 0.2) is 82.4 Å². The van der Waals surface area contributed by atoms with Crippen molar-refractivity contribution in [3.8, 4) is 5.75 Å². The van der Waals surface area contributed by atoms with Crippen molar-refractivity contribution in [3.05, 3.63) is 110 Å². The van der Waals surface area contributed by atoms with Gasteiger partial charge in [0.2, 0.25) is 0 Å². The van der Waals surface area contributed by atoms with E-state index in [4.69, 9.17) is 5.21 Å². The maximum Gasteiger partial charge on any atom is 0.331 e. The number of amides is 1. The number of aromatic nitrogens is 2. The van der Waals surface area contributed by atoms with E-state index in [1.54, 1.807) is 78.3 Å². The van der Waals surface area contributed by atoms with E-state index in [0.717, 1.165) is 11.1 Å². The molecule has 32 heavy (non-hydrogen) atoms. The van der Waals surface area contributed by atoms with Crippen molar-refractivity contribution in [2.75, 3.05) is 0 Å². The monoisotopic (exact) mass is 431 g/mol. The number of hydroxylamine groups is 1. The van der Waals surface area contributed by atoms with Gasteiger partial charge in [-0.15, -0.1) is 0 Å². The van der Waals surface area contributed by atoms with Gasteiger partial charge in [-0.3, -0.25) is 23.9 Å². The van der Waals surface area contributed by atoms with Gasteiger partial charge >= 0.3 is 5.69 Å². The van der Waals surface area contributed by atoms with Crippen LogP contribution < -0.4 is 16.7 Å². The predicted octanol–water partition coefficient (Wildman–Crippen LogP) is 2.28. The van der Waals surface area contributed by atoms with Crippen LogP contribution in [0.25, 0.3) is 10.9 Å².